The van der Waals surface area contributed by atoms with Crippen LogP contribution in [0.2, 0.25) is 0 Å². The smallest absolute Gasteiger partial charge is 0.205 e. The van der Waals surface area contributed by atoms with Crippen molar-refractivity contribution in [3.63, 3.8) is 0 Å². The van der Waals surface area contributed by atoms with Crippen LogP contribution in [-0.2, 0) is 0 Å². The van der Waals surface area contributed by atoms with Crippen molar-refractivity contribution < 1.29 is 9.90 Å². The molecule has 0 bridgehead atoms. The van der Waals surface area contributed by atoms with Crippen LogP contribution < -0.4 is 0 Å². The molecule has 0 aromatic heterocycles. The molecule has 0 amide bonds. The van der Waals surface area contributed by atoms with Gasteiger partial charge >= 0.3 is 0 Å². The standard InChI is InChI=1S/C10H14O2S/c1-13(2,3)10(12)8-6-4-5-7-9(8)11/h4-7,11H,1-3H3. The highest BCUT2D eigenvalue weighted by molar-refractivity contribution is 8.44. The molecule has 0 radical (unpaired) electrons. The predicted octanol–water partition coefficient (Wildman–Crippen LogP) is 2.23. The van der Waals surface area contributed by atoms with Gasteiger partial charge in [-0.25, -0.2) is 0 Å². The molecule has 0 aliphatic carbocycles. The van der Waals surface area contributed by atoms with E-state index in [1.54, 1.807) is 24.3 Å². The van der Waals surface area contributed by atoms with Gasteiger partial charge in [0.15, 0.2) is 0 Å². The van der Waals surface area contributed by atoms with Gasteiger partial charge in [0.05, 0.1) is 5.56 Å². The second-order valence-corrected chi connectivity index (χ2v) is 7.69. The summed E-state index contributed by atoms with van der Waals surface area (Å²) in [7, 11) is -1.28. The highest BCUT2D eigenvalue weighted by Gasteiger charge is 2.20. The Labute approximate surface area is 79.9 Å². The number of hydrogen-bond acceptors (Lipinski definition) is 2. The van der Waals surface area contributed by atoms with Crippen LogP contribution in [0.4, 0.5) is 0 Å². The minimum atomic E-state index is -1.28. The van der Waals surface area contributed by atoms with E-state index in [0.717, 1.165) is 0 Å². The quantitative estimate of drug-likeness (QED) is 0.751. The van der Waals surface area contributed by atoms with Gasteiger partial charge in [-0.2, -0.15) is 10.0 Å². The molecule has 0 aliphatic heterocycles. The topological polar surface area (TPSA) is 37.3 Å². The lowest BCUT2D eigenvalue weighted by Gasteiger charge is -2.23. The van der Waals surface area contributed by atoms with Gasteiger partial charge in [0.25, 0.3) is 0 Å². The second-order valence-electron chi connectivity index (χ2n) is 3.64. The third kappa shape index (κ3) is 2.25. The number of phenolic OH excluding ortho intramolecular Hbond substituents is 1. The number of carbonyl (C=O) groups is 1. The van der Waals surface area contributed by atoms with Crippen molar-refractivity contribution in [2.24, 2.45) is 0 Å². The van der Waals surface area contributed by atoms with Gasteiger partial charge in [-0.3, -0.25) is 4.79 Å². The number of phenols is 1. The van der Waals surface area contributed by atoms with Crippen LogP contribution in [0.25, 0.3) is 0 Å². The van der Waals surface area contributed by atoms with Crippen molar-refractivity contribution in [3.05, 3.63) is 29.8 Å². The minimum absolute atomic E-state index is 0.0469. The first-order valence-electron chi connectivity index (χ1n) is 3.93. The van der Waals surface area contributed by atoms with E-state index in [0.29, 0.717) is 5.56 Å². The largest absolute Gasteiger partial charge is 0.507 e. The Morgan fingerprint density at radius 2 is 1.77 bits per heavy atom. The van der Waals surface area contributed by atoms with Crippen molar-refractivity contribution in [1.82, 2.24) is 0 Å². The van der Waals surface area contributed by atoms with Gasteiger partial charge < -0.3 is 5.11 Å². The van der Waals surface area contributed by atoms with Gasteiger partial charge in [0, 0.05) is 0 Å². The van der Waals surface area contributed by atoms with E-state index in [2.05, 4.69) is 0 Å². The Balaban J connectivity index is 3.10. The van der Waals surface area contributed by atoms with E-state index in [9.17, 15) is 9.90 Å². The normalized spacial score (nSPS) is 12.5. The summed E-state index contributed by atoms with van der Waals surface area (Å²) < 4.78 is 0. The zero-order chi connectivity index (χ0) is 10.1. The third-order valence-corrected chi connectivity index (χ3v) is 3.01. The first-order valence-corrected chi connectivity index (χ1v) is 6.79. The van der Waals surface area contributed by atoms with Crippen molar-refractivity contribution in [1.29, 1.82) is 0 Å². The van der Waals surface area contributed by atoms with Crippen LogP contribution in [0, 0.1) is 0 Å². The van der Waals surface area contributed by atoms with Crippen molar-refractivity contribution in [2.75, 3.05) is 18.8 Å². The van der Waals surface area contributed by atoms with Crippen molar-refractivity contribution >= 4 is 15.1 Å². The maximum absolute atomic E-state index is 11.8. The summed E-state index contributed by atoms with van der Waals surface area (Å²) >= 11 is 0. The van der Waals surface area contributed by atoms with Gasteiger partial charge in [-0.15, -0.1) is 0 Å². The highest BCUT2D eigenvalue weighted by atomic mass is 32.3. The maximum Gasteiger partial charge on any atom is 0.205 e. The Bertz CT molecular complexity index is 326. The van der Waals surface area contributed by atoms with E-state index >= 15 is 0 Å². The third-order valence-electron chi connectivity index (χ3n) is 1.68. The van der Waals surface area contributed by atoms with Gasteiger partial charge in [0.2, 0.25) is 5.12 Å². The molecule has 1 aromatic rings. The number of para-hydroxylation sites is 1. The first-order chi connectivity index (χ1) is 5.93. The molecule has 1 aromatic carbocycles. The average Bonchev–Trinajstić information content (AvgIpc) is 2.02. The number of hydrogen-bond donors (Lipinski definition) is 1. The molecular weight excluding hydrogens is 184 g/mol. The molecule has 0 saturated heterocycles. The van der Waals surface area contributed by atoms with Gasteiger partial charge in [-0.1, -0.05) is 12.1 Å². The minimum Gasteiger partial charge on any atom is -0.507 e. The average molecular weight is 198 g/mol. The molecule has 0 unspecified atom stereocenters. The van der Waals surface area contributed by atoms with E-state index in [4.69, 9.17) is 0 Å². The zero-order valence-electron chi connectivity index (χ0n) is 8.07. The summed E-state index contributed by atoms with van der Waals surface area (Å²) in [4.78, 5) is 11.8. The predicted molar refractivity (Wildman–Crippen MR) is 57.8 cm³/mol. The maximum atomic E-state index is 11.8. The van der Waals surface area contributed by atoms with Crippen LogP contribution in [0.1, 0.15) is 10.4 Å². The number of carbonyl (C=O) groups excluding carboxylic acids is 1. The molecule has 0 saturated carbocycles. The van der Waals surface area contributed by atoms with Crippen molar-refractivity contribution in [2.45, 2.75) is 0 Å². The lowest BCUT2D eigenvalue weighted by atomic mass is 10.2. The van der Waals surface area contributed by atoms with Gasteiger partial charge in [0.1, 0.15) is 5.75 Å². The fraction of sp³-hybridized carbons (Fsp3) is 0.300. The fourth-order valence-electron chi connectivity index (χ4n) is 0.976. The molecule has 13 heavy (non-hydrogen) atoms. The summed E-state index contributed by atoms with van der Waals surface area (Å²) in [6.07, 6.45) is 5.76. The van der Waals surface area contributed by atoms with Crippen LogP contribution in [0.15, 0.2) is 24.3 Å². The van der Waals surface area contributed by atoms with E-state index in [-0.39, 0.29) is 10.9 Å². The molecule has 2 nitrogen and oxygen atoms in total. The molecular formula is C10H14O2S. The molecule has 0 atom stereocenters. The monoisotopic (exact) mass is 198 g/mol. The van der Waals surface area contributed by atoms with Gasteiger partial charge in [-0.05, 0) is 30.9 Å². The summed E-state index contributed by atoms with van der Waals surface area (Å²) in [5.74, 6) is 0.0786. The van der Waals surface area contributed by atoms with E-state index < -0.39 is 10.0 Å². The van der Waals surface area contributed by atoms with E-state index in [1.807, 2.05) is 18.8 Å². The van der Waals surface area contributed by atoms with E-state index in [1.165, 1.54) is 0 Å². The summed E-state index contributed by atoms with van der Waals surface area (Å²) in [6.45, 7) is 0. The highest BCUT2D eigenvalue weighted by Crippen LogP contribution is 2.40. The zero-order valence-corrected chi connectivity index (χ0v) is 8.89. The SMILES string of the molecule is CS(C)(C)C(=O)c1ccccc1O. The fourth-order valence-corrected chi connectivity index (χ4v) is 1.81. The molecule has 72 valence electrons. The molecule has 0 spiro atoms. The van der Waals surface area contributed by atoms with Crippen LogP contribution in [0.5, 0.6) is 5.75 Å². The molecule has 0 heterocycles. The summed E-state index contributed by atoms with van der Waals surface area (Å²) in [5, 5.41) is 9.48. The second kappa shape index (κ2) is 3.42. The number of benzene rings is 1. The Kier molecular flexibility index (Phi) is 2.66. The molecule has 3 heteroatoms. The molecule has 0 aliphatic rings. The van der Waals surface area contributed by atoms with Crippen LogP contribution in [0.3, 0.4) is 0 Å². The number of aromatic hydroxyl groups is 1. The van der Waals surface area contributed by atoms with Crippen LogP contribution in [-0.4, -0.2) is 29.0 Å². The summed E-state index contributed by atoms with van der Waals surface area (Å²) in [5.41, 5.74) is 0.435. The Hall–Kier alpha value is -0.960. The van der Waals surface area contributed by atoms with Crippen LogP contribution >= 0.6 is 10.0 Å². The van der Waals surface area contributed by atoms with Crippen molar-refractivity contribution in [3.8, 4) is 5.75 Å². The number of rotatable bonds is 1. The molecule has 1 rings (SSSR count). The lowest BCUT2D eigenvalue weighted by Crippen LogP contribution is -2.08. The summed E-state index contributed by atoms with van der Waals surface area (Å²) in [6, 6.07) is 6.68. The first kappa shape index (κ1) is 10.1. The lowest BCUT2D eigenvalue weighted by molar-refractivity contribution is 0.108. The molecule has 0 fully saturated rings. The Morgan fingerprint density at radius 3 is 2.23 bits per heavy atom. The molecule has 1 N–H and O–H groups in total. The Morgan fingerprint density at radius 1 is 1.23 bits per heavy atom.